The number of ether oxygens (including phenoxy) is 1. The molecule has 0 fully saturated rings. The quantitative estimate of drug-likeness (QED) is 0.657. The standard InChI is InChI=1S/C26H33N3O4/c1-7-17-9-12-19(13-10-17)27-22(30)16-29-20-15-18(23(31)28-25(3,4)8-2)11-14-21(20)33-26(5,6)24(29)32/h9-15H,7-8,16H2,1-6H3,(H,27,30)(H,28,31). The van der Waals surface area contributed by atoms with E-state index in [1.807, 2.05) is 45.0 Å². The monoisotopic (exact) mass is 451 g/mol. The van der Waals surface area contributed by atoms with Crippen LogP contribution in [0.1, 0.15) is 63.9 Å². The zero-order valence-corrected chi connectivity index (χ0v) is 20.2. The molecule has 1 aliphatic rings. The van der Waals surface area contributed by atoms with Gasteiger partial charge in [0.2, 0.25) is 5.91 Å². The number of rotatable bonds is 7. The summed E-state index contributed by atoms with van der Waals surface area (Å²) in [5.74, 6) is -0.482. The van der Waals surface area contributed by atoms with Crippen molar-refractivity contribution in [2.45, 2.75) is 65.5 Å². The second-order valence-corrected chi connectivity index (χ2v) is 9.48. The maximum atomic E-state index is 13.2. The number of anilines is 2. The highest BCUT2D eigenvalue weighted by Crippen LogP contribution is 2.38. The Morgan fingerprint density at radius 1 is 1.06 bits per heavy atom. The van der Waals surface area contributed by atoms with Crippen LogP contribution in [0.15, 0.2) is 42.5 Å². The van der Waals surface area contributed by atoms with Gasteiger partial charge in [0.25, 0.3) is 11.8 Å². The third-order valence-corrected chi connectivity index (χ3v) is 5.92. The van der Waals surface area contributed by atoms with Gasteiger partial charge in [0.1, 0.15) is 12.3 Å². The highest BCUT2D eigenvalue weighted by Gasteiger charge is 2.42. The highest BCUT2D eigenvalue weighted by molar-refractivity contribution is 6.08. The molecule has 2 aromatic rings. The third kappa shape index (κ3) is 5.53. The molecule has 1 aliphatic heterocycles. The fourth-order valence-corrected chi connectivity index (χ4v) is 3.50. The lowest BCUT2D eigenvalue weighted by Gasteiger charge is -2.38. The molecule has 0 saturated carbocycles. The van der Waals surface area contributed by atoms with E-state index in [0.29, 0.717) is 22.7 Å². The van der Waals surface area contributed by atoms with Gasteiger partial charge in [0.05, 0.1) is 5.69 Å². The minimum Gasteiger partial charge on any atom is -0.476 e. The molecule has 7 heteroatoms. The average molecular weight is 452 g/mol. The van der Waals surface area contributed by atoms with Crippen LogP contribution in [-0.2, 0) is 16.0 Å². The number of amides is 3. The van der Waals surface area contributed by atoms with E-state index in [0.717, 1.165) is 12.8 Å². The van der Waals surface area contributed by atoms with Crippen LogP contribution in [0.5, 0.6) is 5.75 Å². The van der Waals surface area contributed by atoms with Crippen LogP contribution in [0.25, 0.3) is 0 Å². The molecule has 0 spiro atoms. The van der Waals surface area contributed by atoms with Crippen molar-refractivity contribution in [1.82, 2.24) is 5.32 Å². The zero-order chi connectivity index (χ0) is 24.4. The predicted molar refractivity (Wildman–Crippen MR) is 130 cm³/mol. The van der Waals surface area contributed by atoms with Gasteiger partial charge in [-0.2, -0.15) is 0 Å². The largest absolute Gasteiger partial charge is 0.476 e. The Kier molecular flexibility index (Phi) is 6.81. The van der Waals surface area contributed by atoms with Crippen molar-refractivity contribution >= 4 is 29.1 Å². The van der Waals surface area contributed by atoms with Crippen LogP contribution >= 0.6 is 0 Å². The molecule has 0 unspecified atom stereocenters. The van der Waals surface area contributed by atoms with Crippen molar-refractivity contribution in [3.05, 3.63) is 53.6 Å². The van der Waals surface area contributed by atoms with Crippen LogP contribution in [0.3, 0.4) is 0 Å². The summed E-state index contributed by atoms with van der Waals surface area (Å²) in [5, 5.41) is 5.83. The first kappa shape index (κ1) is 24.3. The normalized spacial score (nSPS) is 14.8. The minimum atomic E-state index is -1.13. The Morgan fingerprint density at radius 3 is 2.33 bits per heavy atom. The minimum absolute atomic E-state index is 0.195. The summed E-state index contributed by atoms with van der Waals surface area (Å²) < 4.78 is 5.89. The lowest BCUT2D eigenvalue weighted by Crippen LogP contribution is -2.54. The van der Waals surface area contributed by atoms with Gasteiger partial charge in [0, 0.05) is 16.8 Å². The molecule has 0 aliphatic carbocycles. The number of carbonyl (C=O) groups excluding carboxylic acids is 3. The maximum absolute atomic E-state index is 13.2. The molecule has 0 saturated heterocycles. The lowest BCUT2D eigenvalue weighted by molar-refractivity contribution is -0.133. The van der Waals surface area contributed by atoms with Crippen molar-refractivity contribution in [2.24, 2.45) is 0 Å². The first-order valence-electron chi connectivity index (χ1n) is 11.3. The van der Waals surface area contributed by atoms with Crippen LogP contribution in [0.2, 0.25) is 0 Å². The van der Waals surface area contributed by atoms with E-state index in [-0.39, 0.29) is 29.8 Å². The second-order valence-electron chi connectivity index (χ2n) is 9.48. The molecule has 33 heavy (non-hydrogen) atoms. The van der Waals surface area contributed by atoms with E-state index in [4.69, 9.17) is 4.74 Å². The van der Waals surface area contributed by atoms with E-state index in [1.54, 1.807) is 32.0 Å². The number of hydrogen-bond acceptors (Lipinski definition) is 4. The number of nitrogens with zero attached hydrogens (tertiary/aromatic N) is 1. The van der Waals surface area contributed by atoms with E-state index >= 15 is 0 Å². The molecular formula is C26H33N3O4. The fraction of sp³-hybridized carbons (Fsp3) is 0.423. The number of nitrogens with one attached hydrogen (secondary N) is 2. The topological polar surface area (TPSA) is 87.7 Å². The first-order chi connectivity index (χ1) is 15.5. The number of fused-ring (bicyclic) bond motifs is 1. The Labute approximate surface area is 195 Å². The molecule has 0 bridgehead atoms. The SMILES string of the molecule is CCc1ccc(NC(=O)CN2C(=O)C(C)(C)Oc3ccc(C(=O)NC(C)(C)CC)cc32)cc1. The van der Waals surface area contributed by atoms with Crippen molar-refractivity contribution in [1.29, 1.82) is 0 Å². The number of benzene rings is 2. The van der Waals surface area contributed by atoms with Crippen molar-refractivity contribution in [3.63, 3.8) is 0 Å². The van der Waals surface area contributed by atoms with Gasteiger partial charge in [-0.05, 0) is 76.4 Å². The molecule has 2 aromatic carbocycles. The Bertz CT molecular complexity index is 1060. The van der Waals surface area contributed by atoms with E-state index in [1.165, 1.54) is 10.5 Å². The van der Waals surface area contributed by atoms with Gasteiger partial charge in [-0.3, -0.25) is 19.3 Å². The van der Waals surface area contributed by atoms with Gasteiger partial charge in [-0.25, -0.2) is 0 Å². The number of hydrogen-bond donors (Lipinski definition) is 2. The molecule has 0 atom stereocenters. The van der Waals surface area contributed by atoms with Gasteiger partial charge < -0.3 is 15.4 Å². The van der Waals surface area contributed by atoms with Gasteiger partial charge >= 0.3 is 0 Å². The summed E-state index contributed by atoms with van der Waals surface area (Å²) in [6.45, 7) is 11.1. The predicted octanol–water partition coefficient (Wildman–Crippen LogP) is 4.31. The highest BCUT2D eigenvalue weighted by atomic mass is 16.5. The molecule has 3 rings (SSSR count). The molecule has 2 N–H and O–H groups in total. The number of aryl methyl sites for hydroxylation is 1. The van der Waals surface area contributed by atoms with Gasteiger partial charge in [-0.1, -0.05) is 26.0 Å². The molecule has 0 aromatic heterocycles. The van der Waals surface area contributed by atoms with Crippen molar-refractivity contribution < 1.29 is 19.1 Å². The van der Waals surface area contributed by atoms with Crippen LogP contribution in [-0.4, -0.2) is 35.4 Å². The summed E-state index contributed by atoms with van der Waals surface area (Å²) in [4.78, 5) is 40.2. The second kappa shape index (κ2) is 9.25. The summed E-state index contributed by atoms with van der Waals surface area (Å²) in [7, 11) is 0. The molecule has 176 valence electrons. The number of carbonyl (C=O) groups is 3. The molecule has 1 heterocycles. The summed E-state index contributed by atoms with van der Waals surface area (Å²) in [6.07, 6.45) is 1.68. The van der Waals surface area contributed by atoms with E-state index in [2.05, 4.69) is 17.6 Å². The third-order valence-electron chi connectivity index (χ3n) is 5.92. The molecular weight excluding hydrogens is 418 g/mol. The van der Waals surface area contributed by atoms with E-state index < -0.39 is 5.60 Å². The fourth-order valence-electron chi connectivity index (χ4n) is 3.50. The van der Waals surface area contributed by atoms with Crippen LogP contribution < -0.4 is 20.3 Å². The van der Waals surface area contributed by atoms with Crippen LogP contribution in [0.4, 0.5) is 11.4 Å². The van der Waals surface area contributed by atoms with Crippen LogP contribution in [0, 0.1) is 0 Å². The summed E-state index contributed by atoms with van der Waals surface area (Å²) in [6, 6.07) is 12.5. The molecule has 3 amide bonds. The Balaban J connectivity index is 1.87. The summed E-state index contributed by atoms with van der Waals surface area (Å²) >= 11 is 0. The summed E-state index contributed by atoms with van der Waals surface area (Å²) in [5.41, 5.74) is 1.12. The first-order valence-corrected chi connectivity index (χ1v) is 11.3. The van der Waals surface area contributed by atoms with Gasteiger partial charge in [0.15, 0.2) is 5.60 Å². The zero-order valence-electron chi connectivity index (χ0n) is 20.2. The molecule has 0 radical (unpaired) electrons. The lowest BCUT2D eigenvalue weighted by atomic mass is 10.00. The molecule has 7 nitrogen and oxygen atoms in total. The van der Waals surface area contributed by atoms with Crippen molar-refractivity contribution in [2.75, 3.05) is 16.8 Å². The van der Waals surface area contributed by atoms with E-state index in [9.17, 15) is 14.4 Å². The van der Waals surface area contributed by atoms with Gasteiger partial charge in [-0.15, -0.1) is 0 Å². The smallest absolute Gasteiger partial charge is 0.271 e. The average Bonchev–Trinajstić information content (AvgIpc) is 2.76. The Hall–Kier alpha value is -3.35. The van der Waals surface area contributed by atoms with Crippen molar-refractivity contribution in [3.8, 4) is 5.75 Å². The maximum Gasteiger partial charge on any atom is 0.271 e. The Morgan fingerprint density at radius 2 is 1.73 bits per heavy atom.